The number of ketones is 2. The molecular formula is C30H33N3O7. The third kappa shape index (κ3) is 3.66. The third-order valence-electron chi connectivity index (χ3n) is 8.61. The first-order valence-corrected chi connectivity index (χ1v) is 13.0. The first-order chi connectivity index (χ1) is 18.7. The Balaban J connectivity index is 1.73. The first kappa shape index (κ1) is 27.4. The van der Waals surface area contributed by atoms with Crippen LogP contribution in [-0.2, 0) is 20.8 Å². The summed E-state index contributed by atoms with van der Waals surface area (Å²) in [5.41, 5.74) is 5.54. The zero-order valence-corrected chi connectivity index (χ0v) is 23.0. The molecule has 2 aromatic rings. The Morgan fingerprint density at radius 3 is 2.23 bits per heavy atom. The average molecular weight is 548 g/mol. The number of aliphatic hydroxyl groups excluding tert-OH is 2. The van der Waals surface area contributed by atoms with Crippen LogP contribution in [0.4, 0.5) is 5.69 Å². The van der Waals surface area contributed by atoms with E-state index in [4.69, 9.17) is 5.73 Å². The van der Waals surface area contributed by atoms with Crippen molar-refractivity contribution < 1.29 is 34.8 Å². The number of aryl methyl sites for hydroxylation is 1. The predicted octanol–water partition coefficient (Wildman–Crippen LogP) is 2.01. The van der Waals surface area contributed by atoms with Gasteiger partial charge in [-0.2, -0.15) is 0 Å². The van der Waals surface area contributed by atoms with Crippen LogP contribution in [0.15, 0.2) is 47.2 Å². The van der Waals surface area contributed by atoms with Crippen LogP contribution in [0.3, 0.4) is 0 Å². The van der Waals surface area contributed by atoms with Gasteiger partial charge in [0.05, 0.1) is 11.6 Å². The minimum atomic E-state index is -2.66. The number of fused-ring (bicyclic) bond motifs is 3. The van der Waals surface area contributed by atoms with Crippen molar-refractivity contribution in [1.82, 2.24) is 4.90 Å². The molecule has 5 rings (SSSR count). The molecule has 4 atom stereocenters. The number of nitrogens with two attached hydrogens (primary N) is 1. The van der Waals surface area contributed by atoms with Crippen molar-refractivity contribution in [2.45, 2.75) is 31.4 Å². The molecule has 10 heteroatoms. The molecule has 0 aromatic heterocycles. The van der Waals surface area contributed by atoms with E-state index in [1.165, 1.54) is 4.90 Å². The maximum atomic E-state index is 14.0. The summed E-state index contributed by atoms with van der Waals surface area (Å²) in [6.07, 6.45) is 0.270. The molecule has 0 unspecified atom stereocenters. The standard InChI is InChI=1S/C30H33N3O7/c1-13-10-17(14-6-8-16(9-7-14)32(2)3)18-11-15-12-19-23(33(4)5)26(36)22(29(31)39)28(38)30(19,40)27(37)20(15)25(35)21(18)24(13)34/h6-10,15,19,23,34-35,38,40H,11-12H2,1-5H3,(H2,31,39)/t15-,19-,23-,30-/m0/s1. The Kier molecular flexibility index (Phi) is 6.31. The van der Waals surface area contributed by atoms with E-state index in [1.807, 2.05) is 49.3 Å². The van der Waals surface area contributed by atoms with Crippen molar-refractivity contribution in [3.8, 4) is 16.9 Å². The highest BCUT2D eigenvalue weighted by molar-refractivity contribution is 6.24. The summed E-state index contributed by atoms with van der Waals surface area (Å²) >= 11 is 0. The van der Waals surface area contributed by atoms with E-state index in [0.29, 0.717) is 11.1 Å². The van der Waals surface area contributed by atoms with Gasteiger partial charge in [-0.1, -0.05) is 12.1 Å². The summed E-state index contributed by atoms with van der Waals surface area (Å²) < 4.78 is 0. The second-order valence-electron chi connectivity index (χ2n) is 11.3. The van der Waals surface area contributed by atoms with Gasteiger partial charge < -0.3 is 31.1 Å². The number of anilines is 1. The van der Waals surface area contributed by atoms with Gasteiger partial charge in [0.25, 0.3) is 5.91 Å². The zero-order valence-electron chi connectivity index (χ0n) is 23.0. The Morgan fingerprint density at radius 1 is 1.05 bits per heavy atom. The van der Waals surface area contributed by atoms with E-state index < -0.39 is 58.0 Å². The highest BCUT2D eigenvalue weighted by Gasteiger charge is 2.64. The minimum Gasteiger partial charge on any atom is -0.508 e. The zero-order chi connectivity index (χ0) is 29.4. The molecule has 2 aromatic carbocycles. The first-order valence-electron chi connectivity index (χ1n) is 13.0. The smallest absolute Gasteiger partial charge is 0.255 e. The number of phenolic OH excluding ortho intramolecular Hbond substituents is 1. The van der Waals surface area contributed by atoms with Crippen LogP contribution in [0.25, 0.3) is 16.9 Å². The van der Waals surface area contributed by atoms with Gasteiger partial charge in [0.15, 0.2) is 11.4 Å². The van der Waals surface area contributed by atoms with Crippen LogP contribution in [0, 0.1) is 18.8 Å². The van der Waals surface area contributed by atoms with Crippen molar-refractivity contribution in [3.63, 3.8) is 0 Å². The number of phenols is 1. The van der Waals surface area contributed by atoms with Crippen molar-refractivity contribution in [2.75, 3.05) is 33.1 Å². The molecule has 1 fully saturated rings. The fourth-order valence-corrected chi connectivity index (χ4v) is 6.64. The molecule has 0 heterocycles. The number of rotatable bonds is 4. The third-order valence-corrected chi connectivity index (χ3v) is 8.61. The average Bonchev–Trinajstić information content (AvgIpc) is 2.88. The molecule has 0 aliphatic heterocycles. The number of carbonyl (C=O) groups excluding carboxylic acids is 3. The lowest BCUT2D eigenvalue weighted by Gasteiger charge is -2.50. The number of benzene rings is 2. The Morgan fingerprint density at radius 2 is 1.68 bits per heavy atom. The highest BCUT2D eigenvalue weighted by Crippen LogP contribution is 2.54. The monoisotopic (exact) mass is 547 g/mol. The molecule has 3 aliphatic carbocycles. The minimum absolute atomic E-state index is 0.0411. The topological polar surface area (TPSA) is 165 Å². The predicted molar refractivity (Wildman–Crippen MR) is 149 cm³/mol. The number of likely N-dealkylation sites (N-methyl/N-ethyl adjacent to an activating group) is 1. The summed E-state index contributed by atoms with van der Waals surface area (Å²) in [5, 5.41) is 45.3. The fraction of sp³-hybridized carbons (Fsp3) is 0.367. The van der Waals surface area contributed by atoms with Crippen LogP contribution in [0.5, 0.6) is 5.75 Å². The second kappa shape index (κ2) is 9.21. The molecule has 0 bridgehead atoms. The molecule has 40 heavy (non-hydrogen) atoms. The van der Waals surface area contributed by atoms with Gasteiger partial charge in [0, 0.05) is 31.3 Å². The molecular weight excluding hydrogens is 514 g/mol. The number of hydrogen-bond acceptors (Lipinski definition) is 9. The SMILES string of the molecule is Cc1cc(-c2ccc(N(C)C)cc2)c2c(c1O)C(O)=C1C(=O)[C@]3(O)C(O)=C(C(N)=O)C(=O)[C@@H](N(C)C)[C@@H]3C[C@@H]1C2. The highest BCUT2D eigenvalue weighted by atomic mass is 16.3. The van der Waals surface area contributed by atoms with E-state index in [1.54, 1.807) is 21.0 Å². The fourth-order valence-electron chi connectivity index (χ4n) is 6.64. The quantitative estimate of drug-likeness (QED) is 0.360. The van der Waals surface area contributed by atoms with Gasteiger partial charge in [-0.3, -0.25) is 19.3 Å². The number of hydrogen-bond donors (Lipinski definition) is 5. The van der Waals surface area contributed by atoms with Crippen LogP contribution in [-0.4, -0.2) is 82.6 Å². The number of aliphatic hydroxyl groups is 3. The summed E-state index contributed by atoms with van der Waals surface area (Å²) in [5.74, 6) is -6.61. The maximum absolute atomic E-state index is 14.0. The lowest BCUT2D eigenvalue weighted by molar-refractivity contribution is -0.153. The van der Waals surface area contributed by atoms with Crippen LogP contribution in [0.1, 0.15) is 23.1 Å². The molecule has 210 valence electrons. The Hall–Kier alpha value is -4.15. The lowest BCUT2D eigenvalue weighted by atomic mass is 9.57. The molecule has 10 nitrogen and oxygen atoms in total. The Bertz CT molecular complexity index is 1540. The number of amides is 1. The molecule has 6 N–H and O–H groups in total. The van der Waals surface area contributed by atoms with Crippen molar-refractivity contribution >= 4 is 28.9 Å². The molecule has 1 amide bonds. The van der Waals surface area contributed by atoms with E-state index in [-0.39, 0.29) is 29.7 Å². The molecule has 0 radical (unpaired) electrons. The van der Waals surface area contributed by atoms with Crippen LogP contribution >= 0.6 is 0 Å². The number of aromatic hydroxyl groups is 1. The van der Waals surface area contributed by atoms with E-state index in [0.717, 1.165) is 16.8 Å². The molecule has 0 spiro atoms. The second-order valence-corrected chi connectivity index (χ2v) is 11.3. The van der Waals surface area contributed by atoms with Crippen LogP contribution in [0.2, 0.25) is 0 Å². The van der Waals surface area contributed by atoms with Gasteiger partial charge in [-0.25, -0.2) is 0 Å². The number of carbonyl (C=O) groups is 3. The summed E-state index contributed by atoms with van der Waals surface area (Å²) in [7, 11) is 7.01. The van der Waals surface area contributed by atoms with Crippen LogP contribution < -0.4 is 10.6 Å². The van der Waals surface area contributed by atoms with Crippen molar-refractivity contribution in [2.24, 2.45) is 17.6 Å². The van der Waals surface area contributed by atoms with E-state index >= 15 is 0 Å². The number of nitrogens with zero attached hydrogens (tertiary/aromatic N) is 2. The number of Topliss-reactive ketones (excluding diaryl/α,β-unsaturated/α-hetero) is 2. The van der Waals surface area contributed by atoms with Crippen molar-refractivity contribution in [1.29, 1.82) is 0 Å². The van der Waals surface area contributed by atoms with E-state index in [9.17, 15) is 34.8 Å². The summed E-state index contributed by atoms with van der Waals surface area (Å²) in [6, 6.07) is 8.51. The molecule has 1 saturated carbocycles. The summed E-state index contributed by atoms with van der Waals surface area (Å²) in [4.78, 5) is 42.9. The maximum Gasteiger partial charge on any atom is 0.255 e. The number of primary amides is 1. The van der Waals surface area contributed by atoms with E-state index in [2.05, 4.69) is 0 Å². The largest absolute Gasteiger partial charge is 0.508 e. The van der Waals surface area contributed by atoms with Crippen molar-refractivity contribution in [3.05, 3.63) is 63.9 Å². The summed E-state index contributed by atoms with van der Waals surface area (Å²) in [6.45, 7) is 1.69. The normalized spacial score (nSPS) is 26.0. The van der Waals surface area contributed by atoms with Gasteiger partial charge >= 0.3 is 0 Å². The van der Waals surface area contributed by atoms with Gasteiger partial charge in [-0.15, -0.1) is 0 Å². The molecule has 3 aliphatic rings. The van der Waals surface area contributed by atoms with Gasteiger partial charge in [0.2, 0.25) is 5.78 Å². The van der Waals surface area contributed by atoms with Gasteiger partial charge in [-0.05, 0) is 80.2 Å². The molecule has 0 saturated heterocycles. The Labute approximate surface area is 231 Å². The lowest BCUT2D eigenvalue weighted by Crippen LogP contribution is -2.65. The van der Waals surface area contributed by atoms with Gasteiger partial charge in [0.1, 0.15) is 22.8 Å².